The average molecular weight is 371 g/mol. The van der Waals surface area contributed by atoms with E-state index in [1.165, 1.54) is 12.3 Å². The van der Waals surface area contributed by atoms with Crippen LogP contribution in [-0.4, -0.2) is 39.7 Å². The van der Waals surface area contributed by atoms with Crippen LogP contribution < -0.4 is 4.74 Å². The molecule has 1 aliphatic heterocycles. The molecule has 4 rings (SSSR count). The van der Waals surface area contributed by atoms with Crippen LogP contribution >= 0.6 is 0 Å². The molecule has 2 bridgehead atoms. The standard InChI is InChI=1S/C18H17N3O6/c1-2-27-13-6-9(5-12(16(13)22)21(25)26)8-19-20-17(23)14-10-3-4-11(7-10)15(14)18(20)24/h3-6,8,10-11,14-15,22H,2,7H2,1H3/b19-8-/t10-,11-,14-,15+/m1/s1. The Morgan fingerprint density at radius 2 is 1.93 bits per heavy atom. The number of phenols is 1. The van der Waals surface area contributed by atoms with Gasteiger partial charge in [-0.05, 0) is 31.2 Å². The van der Waals surface area contributed by atoms with E-state index in [0.29, 0.717) is 0 Å². The maximum Gasteiger partial charge on any atom is 0.315 e. The SMILES string of the molecule is CCOc1cc(/C=N\N2C(=O)[C@@H]3[C@H](C2=O)[C@@H]2C=C[C@@H]3C2)cc([N+](=O)[O-])c1O. The van der Waals surface area contributed by atoms with Crippen LogP contribution in [0.5, 0.6) is 11.5 Å². The summed E-state index contributed by atoms with van der Waals surface area (Å²) in [6, 6.07) is 2.48. The van der Waals surface area contributed by atoms with E-state index in [-0.39, 0.29) is 53.4 Å². The number of hydrogen-bond donors (Lipinski definition) is 1. The number of aromatic hydroxyl groups is 1. The summed E-state index contributed by atoms with van der Waals surface area (Å²) in [5, 5.41) is 25.9. The number of hydrogen-bond acceptors (Lipinski definition) is 7. The Morgan fingerprint density at radius 1 is 1.30 bits per heavy atom. The lowest BCUT2D eigenvalue weighted by atomic mass is 9.85. The van der Waals surface area contributed by atoms with Crippen molar-refractivity contribution >= 4 is 23.7 Å². The summed E-state index contributed by atoms with van der Waals surface area (Å²) < 4.78 is 5.21. The van der Waals surface area contributed by atoms with Crippen LogP contribution in [0.1, 0.15) is 18.9 Å². The fourth-order valence-corrected chi connectivity index (χ4v) is 4.22. The highest BCUT2D eigenvalue weighted by Gasteiger charge is 2.59. The molecule has 2 amide bonds. The lowest BCUT2D eigenvalue weighted by Crippen LogP contribution is -2.28. The third kappa shape index (κ3) is 2.57. The Hall–Kier alpha value is -3.23. The summed E-state index contributed by atoms with van der Waals surface area (Å²) in [6.07, 6.45) is 6.00. The van der Waals surface area contributed by atoms with Crippen molar-refractivity contribution in [2.75, 3.05) is 6.61 Å². The van der Waals surface area contributed by atoms with Gasteiger partial charge in [0.2, 0.25) is 5.75 Å². The number of hydrazone groups is 1. The van der Waals surface area contributed by atoms with Crippen LogP contribution in [0.25, 0.3) is 0 Å². The van der Waals surface area contributed by atoms with Crippen LogP contribution in [0.3, 0.4) is 0 Å². The molecule has 0 unspecified atom stereocenters. The second-order valence-electron chi connectivity index (χ2n) is 6.81. The zero-order valence-electron chi connectivity index (χ0n) is 14.4. The molecule has 1 aromatic rings. The van der Waals surface area contributed by atoms with Gasteiger partial charge in [-0.15, -0.1) is 0 Å². The van der Waals surface area contributed by atoms with Gasteiger partial charge in [-0.1, -0.05) is 12.2 Å². The zero-order valence-corrected chi connectivity index (χ0v) is 14.4. The van der Waals surface area contributed by atoms with Crippen LogP contribution in [-0.2, 0) is 9.59 Å². The highest BCUT2D eigenvalue weighted by molar-refractivity contribution is 6.06. The van der Waals surface area contributed by atoms with Crippen LogP contribution in [0.15, 0.2) is 29.4 Å². The number of rotatable bonds is 5. The van der Waals surface area contributed by atoms with E-state index in [9.17, 15) is 24.8 Å². The minimum Gasteiger partial charge on any atom is -0.500 e. The van der Waals surface area contributed by atoms with Crippen molar-refractivity contribution in [3.05, 3.63) is 40.0 Å². The van der Waals surface area contributed by atoms with Gasteiger partial charge >= 0.3 is 5.69 Å². The van der Waals surface area contributed by atoms with E-state index < -0.39 is 16.4 Å². The number of imide groups is 1. The first-order valence-electron chi connectivity index (χ1n) is 8.66. The second-order valence-corrected chi connectivity index (χ2v) is 6.81. The summed E-state index contributed by atoms with van der Waals surface area (Å²) in [4.78, 5) is 35.6. The fourth-order valence-electron chi connectivity index (χ4n) is 4.22. The normalized spacial score (nSPS) is 28.4. The minimum atomic E-state index is -0.741. The van der Waals surface area contributed by atoms with E-state index in [1.807, 2.05) is 12.2 Å². The number of phenolic OH excluding ortho intramolecular Hbond substituents is 1. The van der Waals surface area contributed by atoms with Crippen molar-refractivity contribution in [2.45, 2.75) is 13.3 Å². The van der Waals surface area contributed by atoms with Gasteiger partial charge in [0, 0.05) is 11.6 Å². The molecule has 2 fully saturated rings. The number of benzene rings is 1. The highest BCUT2D eigenvalue weighted by atomic mass is 16.6. The van der Waals surface area contributed by atoms with Gasteiger partial charge in [-0.2, -0.15) is 10.1 Å². The Morgan fingerprint density at radius 3 is 2.48 bits per heavy atom. The molecule has 27 heavy (non-hydrogen) atoms. The number of amides is 2. The summed E-state index contributed by atoms with van der Waals surface area (Å²) in [6.45, 7) is 1.88. The van der Waals surface area contributed by atoms with Crippen molar-refractivity contribution in [2.24, 2.45) is 28.8 Å². The third-order valence-electron chi connectivity index (χ3n) is 5.34. The molecule has 9 nitrogen and oxygen atoms in total. The maximum absolute atomic E-state index is 12.6. The number of nitro groups is 1. The molecule has 2 aliphatic carbocycles. The van der Waals surface area contributed by atoms with Gasteiger partial charge in [0.05, 0.1) is 29.6 Å². The summed E-state index contributed by atoms with van der Waals surface area (Å²) in [7, 11) is 0. The van der Waals surface area contributed by atoms with Crippen LogP contribution in [0.4, 0.5) is 5.69 Å². The second kappa shape index (κ2) is 6.19. The predicted octanol–water partition coefficient (Wildman–Crippen LogP) is 1.84. The Labute approximate surface area is 154 Å². The molecule has 1 heterocycles. The molecule has 1 saturated carbocycles. The number of carbonyl (C=O) groups is 2. The van der Waals surface area contributed by atoms with Crippen molar-refractivity contribution < 1.29 is 24.4 Å². The molecule has 4 atom stereocenters. The first-order chi connectivity index (χ1) is 12.9. The fraction of sp³-hybridized carbons (Fsp3) is 0.389. The molecule has 0 aromatic heterocycles. The van der Waals surface area contributed by atoms with E-state index >= 15 is 0 Å². The maximum atomic E-state index is 12.6. The van der Waals surface area contributed by atoms with Gasteiger partial charge in [-0.25, -0.2) is 0 Å². The first-order valence-corrected chi connectivity index (χ1v) is 8.66. The molecule has 9 heteroatoms. The van der Waals surface area contributed by atoms with Gasteiger partial charge in [-0.3, -0.25) is 19.7 Å². The smallest absolute Gasteiger partial charge is 0.315 e. The summed E-state index contributed by atoms with van der Waals surface area (Å²) in [5.41, 5.74) is -0.303. The lowest BCUT2D eigenvalue weighted by Gasteiger charge is -2.13. The molecule has 0 radical (unpaired) electrons. The number of nitro benzene ring substituents is 1. The molecule has 1 saturated heterocycles. The molecular formula is C18H17N3O6. The Bertz CT molecular complexity index is 879. The van der Waals surface area contributed by atoms with Crippen molar-refractivity contribution in [3.8, 4) is 11.5 Å². The summed E-state index contributed by atoms with van der Waals surface area (Å²) >= 11 is 0. The number of ether oxygens (including phenoxy) is 1. The van der Waals surface area contributed by atoms with Gasteiger partial charge in [0.1, 0.15) is 0 Å². The predicted molar refractivity (Wildman–Crippen MR) is 93.1 cm³/mol. The van der Waals surface area contributed by atoms with E-state index in [4.69, 9.17) is 4.74 Å². The highest BCUT2D eigenvalue weighted by Crippen LogP contribution is 2.52. The largest absolute Gasteiger partial charge is 0.500 e. The number of allylic oxidation sites excluding steroid dienone is 2. The zero-order chi connectivity index (χ0) is 19.3. The monoisotopic (exact) mass is 371 g/mol. The van der Waals surface area contributed by atoms with Crippen LogP contribution in [0, 0.1) is 33.8 Å². The molecular weight excluding hydrogens is 354 g/mol. The van der Waals surface area contributed by atoms with Crippen molar-refractivity contribution in [1.82, 2.24) is 5.01 Å². The summed E-state index contributed by atoms with van der Waals surface area (Å²) in [5.74, 6) is -1.88. The average Bonchev–Trinajstić information content (AvgIpc) is 3.30. The molecule has 1 N–H and O–H groups in total. The molecule has 0 spiro atoms. The van der Waals surface area contributed by atoms with Gasteiger partial charge in [0.15, 0.2) is 5.75 Å². The Kier molecular flexibility index (Phi) is 3.94. The van der Waals surface area contributed by atoms with Crippen molar-refractivity contribution in [3.63, 3.8) is 0 Å². The first kappa shape index (κ1) is 17.2. The Balaban J connectivity index is 1.63. The molecule has 140 valence electrons. The van der Waals surface area contributed by atoms with Crippen molar-refractivity contribution in [1.29, 1.82) is 0 Å². The van der Waals surface area contributed by atoms with Crippen LogP contribution in [0.2, 0.25) is 0 Å². The third-order valence-corrected chi connectivity index (χ3v) is 5.34. The number of nitrogens with zero attached hydrogens (tertiary/aromatic N) is 3. The quantitative estimate of drug-likeness (QED) is 0.277. The molecule has 3 aliphatic rings. The lowest BCUT2D eigenvalue weighted by molar-refractivity contribution is -0.386. The van der Waals surface area contributed by atoms with E-state index in [0.717, 1.165) is 17.5 Å². The number of fused-ring (bicyclic) bond motifs is 5. The molecule has 1 aromatic carbocycles. The van der Waals surface area contributed by atoms with E-state index in [1.54, 1.807) is 6.92 Å². The van der Waals surface area contributed by atoms with E-state index in [2.05, 4.69) is 5.10 Å². The van der Waals surface area contributed by atoms with Gasteiger partial charge in [0.25, 0.3) is 11.8 Å². The minimum absolute atomic E-state index is 0.0636. The number of carbonyl (C=O) groups excluding carboxylic acids is 2. The van der Waals surface area contributed by atoms with Gasteiger partial charge < -0.3 is 9.84 Å². The topological polar surface area (TPSA) is 122 Å².